The largest absolute Gasteiger partial charge is 0.456 e. The third kappa shape index (κ3) is 3.41. The van der Waals surface area contributed by atoms with Crippen LogP contribution in [0.3, 0.4) is 0 Å². The molecule has 0 aliphatic carbocycles. The minimum Gasteiger partial charge on any atom is -0.456 e. The Labute approximate surface area is 262 Å². The van der Waals surface area contributed by atoms with Gasteiger partial charge in [0.2, 0.25) is 6.71 Å². The Morgan fingerprint density at radius 3 is 2.20 bits per heavy atom. The van der Waals surface area contributed by atoms with E-state index in [1.54, 1.807) is 0 Å². The summed E-state index contributed by atoms with van der Waals surface area (Å²) in [7, 11) is 0. The Morgan fingerprint density at radius 2 is 1.29 bits per heavy atom. The summed E-state index contributed by atoms with van der Waals surface area (Å²) in [6, 6.07) is 49.3. The van der Waals surface area contributed by atoms with E-state index in [9.17, 15) is 0 Å². The number of rotatable bonds is 2. The van der Waals surface area contributed by atoms with Crippen molar-refractivity contribution >= 4 is 72.9 Å². The number of aryl methyl sites for hydroxylation is 2. The Kier molecular flexibility index (Phi) is 4.97. The van der Waals surface area contributed by atoms with E-state index in [1.807, 2.05) is 12.1 Å². The topological polar surface area (TPSA) is 16.4 Å². The summed E-state index contributed by atoms with van der Waals surface area (Å²) in [6.07, 6.45) is 0. The van der Waals surface area contributed by atoms with Crippen molar-refractivity contribution in [3.63, 3.8) is 0 Å². The predicted molar refractivity (Wildman–Crippen MR) is 191 cm³/mol. The van der Waals surface area contributed by atoms with E-state index >= 15 is 0 Å². The first-order valence-electron chi connectivity index (χ1n) is 15.7. The Balaban J connectivity index is 1.26. The van der Waals surface area contributed by atoms with Crippen LogP contribution in [0.1, 0.15) is 11.1 Å². The second-order valence-corrected chi connectivity index (χ2v) is 12.6. The Hall–Kier alpha value is -5.54. The van der Waals surface area contributed by atoms with Crippen LogP contribution in [0.5, 0.6) is 0 Å². The first kappa shape index (κ1) is 24.9. The zero-order valence-corrected chi connectivity index (χ0v) is 25.1. The minimum absolute atomic E-state index is 0.152. The fraction of sp³-hybridized carbons (Fsp3) is 0.0476. The highest BCUT2D eigenvalue weighted by atomic mass is 16.3. The van der Waals surface area contributed by atoms with Crippen molar-refractivity contribution in [2.75, 3.05) is 4.90 Å². The molecule has 0 saturated carbocycles. The van der Waals surface area contributed by atoms with Crippen molar-refractivity contribution in [1.82, 2.24) is 0 Å². The molecule has 7 aromatic carbocycles. The molecule has 0 saturated heterocycles. The van der Waals surface area contributed by atoms with Crippen molar-refractivity contribution in [2.45, 2.75) is 13.8 Å². The number of hydrogen-bond donors (Lipinski definition) is 0. The average molecular weight is 574 g/mol. The summed E-state index contributed by atoms with van der Waals surface area (Å²) in [4.78, 5) is 2.47. The van der Waals surface area contributed by atoms with Gasteiger partial charge in [-0.1, -0.05) is 108 Å². The molecule has 1 aromatic heterocycles. The third-order valence-corrected chi connectivity index (χ3v) is 10.0. The van der Waals surface area contributed by atoms with Crippen molar-refractivity contribution in [2.24, 2.45) is 0 Å². The minimum atomic E-state index is 0.152. The highest BCUT2D eigenvalue weighted by Gasteiger charge is 2.41. The van der Waals surface area contributed by atoms with Gasteiger partial charge in [0.15, 0.2) is 0 Å². The van der Waals surface area contributed by atoms with E-state index in [0.29, 0.717) is 0 Å². The monoisotopic (exact) mass is 573 g/mol. The molecule has 0 spiro atoms. The first-order valence-corrected chi connectivity index (χ1v) is 15.7. The van der Waals surface area contributed by atoms with Crippen LogP contribution >= 0.6 is 0 Å². The normalized spacial score (nSPS) is 13.0. The maximum absolute atomic E-state index is 6.17. The highest BCUT2D eigenvalue weighted by Crippen LogP contribution is 2.43. The van der Waals surface area contributed by atoms with E-state index in [-0.39, 0.29) is 6.71 Å². The van der Waals surface area contributed by atoms with Crippen molar-refractivity contribution in [1.29, 1.82) is 0 Å². The molecule has 45 heavy (non-hydrogen) atoms. The molecule has 3 heterocycles. The number of anilines is 3. The van der Waals surface area contributed by atoms with Gasteiger partial charge in [0.25, 0.3) is 0 Å². The summed E-state index contributed by atoms with van der Waals surface area (Å²) >= 11 is 0. The van der Waals surface area contributed by atoms with Gasteiger partial charge in [-0.15, -0.1) is 0 Å². The first-order chi connectivity index (χ1) is 22.1. The van der Waals surface area contributed by atoms with Gasteiger partial charge in [-0.05, 0) is 100 Å². The van der Waals surface area contributed by atoms with Crippen molar-refractivity contribution in [3.8, 4) is 22.3 Å². The summed E-state index contributed by atoms with van der Waals surface area (Å²) < 4.78 is 6.17. The van der Waals surface area contributed by atoms with Crippen molar-refractivity contribution < 1.29 is 4.42 Å². The van der Waals surface area contributed by atoms with E-state index in [2.05, 4.69) is 140 Å². The fourth-order valence-corrected chi connectivity index (χ4v) is 8.02. The standard InChI is InChI=1S/C42H28BNO/c1-25-13-17-28(18-14-25)44-37-21-15-26(2)23-36(37)43-35-20-19-29(27-16-22-40-34(24-27)30-7-3-4-12-39(30)45-40)31-8-5-9-32(41(31)35)33-10-6-11-38(44)42(33)43/h3-24H,1-2H3. The molecule has 2 aliphatic rings. The Morgan fingerprint density at radius 1 is 0.511 bits per heavy atom. The number of hydrogen-bond acceptors (Lipinski definition) is 2. The van der Waals surface area contributed by atoms with Crippen LogP contribution in [0.25, 0.3) is 55.0 Å². The van der Waals surface area contributed by atoms with E-state index in [4.69, 9.17) is 4.42 Å². The number of nitrogens with zero attached hydrogens (tertiary/aromatic N) is 1. The quantitative estimate of drug-likeness (QED) is 0.192. The molecular weight excluding hydrogens is 545 g/mol. The molecular formula is C42H28BNO. The molecule has 0 N–H and O–H groups in total. The summed E-state index contributed by atoms with van der Waals surface area (Å²) in [5, 5.41) is 4.97. The lowest BCUT2D eigenvalue weighted by Crippen LogP contribution is -2.59. The molecule has 2 aliphatic heterocycles. The third-order valence-electron chi connectivity index (χ3n) is 10.0. The van der Waals surface area contributed by atoms with E-state index < -0.39 is 0 Å². The van der Waals surface area contributed by atoms with Gasteiger partial charge >= 0.3 is 0 Å². The van der Waals surface area contributed by atoms with Gasteiger partial charge in [-0.2, -0.15) is 0 Å². The lowest BCUT2D eigenvalue weighted by atomic mass is 9.32. The summed E-state index contributed by atoms with van der Waals surface area (Å²) in [6.45, 7) is 4.52. The number of furan rings is 1. The molecule has 0 radical (unpaired) electrons. The van der Waals surface area contributed by atoms with Gasteiger partial charge in [0.1, 0.15) is 11.2 Å². The molecule has 8 aromatic rings. The van der Waals surface area contributed by atoms with Crippen LogP contribution in [-0.4, -0.2) is 6.71 Å². The number of fused-ring (bicyclic) bond motifs is 7. The average Bonchev–Trinajstić information content (AvgIpc) is 3.45. The van der Waals surface area contributed by atoms with Gasteiger partial charge in [-0.25, -0.2) is 0 Å². The van der Waals surface area contributed by atoms with Crippen LogP contribution in [0.4, 0.5) is 17.1 Å². The van der Waals surface area contributed by atoms with Crippen LogP contribution < -0.4 is 21.3 Å². The molecule has 0 atom stereocenters. The summed E-state index contributed by atoms with van der Waals surface area (Å²) in [5.74, 6) is 0. The fourth-order valence-electron chi connectivity index (χ4n) is 8.02. The lowest BCUT2D eigenvalue weighted by molar-refractivity contribution is 0.669. The van der Waals surface area contributed by atoms with Crippen LogP contribution in [-0.2, 0) is 0 Å². The van der Waals surface area contributed by atoms with Crippen LogP contribution in [0, 0.1) is 13.8 Å². The second kappa shape index (κ2) is 9.00. The van der Waals surface area contributed by atoms with Gasteiger partial charge in [0.05, 0.1) is 0 Å². The molecule has 210 valence electrons. The molecule has 2 nitrogen and oxygen atoms in total. The van der Waals surface area contributed by atoms with E-state index in [0.717, 1.165) is 21.9 Å². The number of para-hydroxylation sites is 1. The number of benzene rings is 7. The smallest absolute Gasteiger partial charge is 0.248 e. The van der Waals surface area contributed by atoms with Gasteiger partial charge < -0.3 is 9.32 Å². The van der Waals surface area contributed by atoms with Gasteiger partial charge in [0, 0.05) is 27.8 Å². The Bertz CT molecular complexity index is 2520. The van der Waals surface area contributed by atoms with Crippen molar-refractivity contribution in [3.05, 3.63) is 145 Å². The summed E-state index contributed by atoms with van der Waals surface area (Å²) in [5.41, 5.74) is 17.4. The maximum atomic E-state index is 6.17. The SMILES string of the molecule is Cc1ccc(N2c3ccc(C)cc3B3c4c(cccc42)-c2cccc4c(-c5ccc6oc7ccccc7c6c5)ccc3c24)cc1. The van der Waals surface area contributed by atoms with Gasteiger partial charge in [-0.3, -0.25) is 0 Å². The predicted octanol–water partition coefficient (Wildman–Crippen LogP) is 9.30. The molecule has 0 bridgehead atoms. The highest BCUT2D eigenvalue weighted by molar-refractivity contribution is 7.01. The van der Waals surface area contributed by atoms with E-state index in [1.165, 1.54) is 77.6 Å². The molecule has 0 amide bonds. The second-order valence-electron chi connectivity index (χ2n) is 12.6. The zero-order valence-electron chi connectivity index (χ0n) is 25.1. The molecule has 3 heteroatoms. The van der Waals surface area contributed by atoms with Crippen LogP contribution in [0.2, 0.25) is 0 Å². The molecule has 10 rings (SSSR count). The lowest BCUT2D eigenvalue weighted by Gasteiger charge is -2.40. The zero-order chi connectivity index (χ0) is 29.8. The molecule has 0 unspecified atom stereocenters. The molecule has 0 fully saturated rings. The van der Waals surface area contributed by atoms with Crippen LogP contribution in [0.15, 0.2) is 138 Å². The maximum Gasteiger partial charge on any atom is 0.248 e.